The van der Waals surface area contributed by atoms with Crippen LogP contribution in [0.1, 0.15) is 58.9 Å². The van der Waals surface area contributed by atoms with E-state index in [1.807, 2.05) is 17.0 Å². The quantitative estimate of drug-likeness (QED) is 0.312. The van der Waals surface area contributed by atoms with Gasteiger partial charge in [0.1, 0.15) is 5.75 Å². The molecule has 0 bridgehead atoms. The van der Waals surface area contributed by atoms with Crippen LogP contribution in [0.3, 0.4) is 0 Å². The van der Waals surface area contributed by atoms with Gasteiger partial charge in [-0.05, 0) is 86.9 Å². The average molecular weight is 630 g/mol. The molecule has 5 rings (SSSR count). The number of amides is 1. The third-order valence-corrected chi connectivity index (χ3v) is 8.01. The van der Waals surface area contributed by atoms with E-state index in [-0.39, 0.29) is 31.7 Å². The summed E-state index contributed by atoms with van der Waals surface area (Å²) in [7, 11) is 0. The van der Waals surface area contributed by atoms with Crippen LogP contribution in [0, 0.1) is 5.41 Å². The van der Waals surface area contributed by atoms with Crippen LogP contribution in [0.15, 0.2) is 77.9 Å². The molecule has 1 aliphatic carbocycles. The number of carbonyl (C=O) groups excluding carboxylic acids is 1. The van der Waals surface area contributed by atoms with Crippen LogP contribution in [0.5, 0.6) is 17.2 Å². The highest BCUT2D eigenvalue weighted by Gasteiger charge is 2.22. The summed E-state index contributed by atoms with van der Waals surface area (Å²) in [4.78, 5) is 16.5. The summed E-state index contributed by atoms with van der Waals surface area (Å²) < 4.78 is 16.3. The lowest BCUT2D eigenvalue weighted by Crippen LogP contribution is -2.49. The van der Waals surface area contributed by atoms with Gasteiger partial charge in [-0.25, -0.2) is 0 Å². The zero-order valence-electron chi connectivity index (χ0n) is 25.9. The minimum absolute atomic E-state index is 0. The monoisotopic (exact) mass is 628 g/mol. The Bertz CT molecular complexity index is 1280. The molecule has 0 spiro atoms. The average Bonchev–Trinajstić information content (AvgIpc) is 3.43. The van der Waals surface area contributed by atoms with Crippen molar-refractivity contribution in [3.63, 3.8) is 0 Å². The molecular formula is C35H46Cl2N2O4. The molecule has 1 saturated heterocycles. The summed E-state index contributed by atoms with van der Waals surface area (Å²) in [6, 6.07) is 13.1. The minimum Gasteiger partial charge on any atom is -0.484 e. The number of ether oxygens (including phenoxy) is 3. The summed E-state index contributed by atoms with van der Waals surface area (Å²) in [5, 5.41) is 0.646. The number of nitrogens with zero attached hydrogens (tertiary/aromatic N) is 2. The predicted molar refractivity (Wildman–Crippen MR) is 178 cm³/mol. The van der Waals surface area contributed by atoms with E-state index in [1.54, 1.807) is 24.3 Å². The molecule has 3 aliphatic rings. The zero-order valence-corrected chi connectivity index (χ0v) is 27.5. The van der Waals surface area contributed by atoms with Gasteiger partial charge in [0.2, 0.25) is 6.79 Å². The fraction of sp³-hybridized carbons (Fsp3) is 0.457. The molecule has 2 aromatic carbocycles. The van der Waals surface area contributed by atoms with Gasteiger partial charge in [-0.2, -0.15) is 0 Å². The second-order valence-corrected chi connectivity index (χ2v) is 12.5. The van der Waals surface area contributed by atoms with Crippen LogP contribution in [0.4, 0.5) is 0 Å². The Labute approximate surface area is 268 Å². The van der Waals surface area contributed by atoms with Gasteiger partial charge in [-0.1, -0.05) is 67.0 Å². The summed E-state index contributed by atoms with van der Waals surface area (Å²) in [6.45, 7) is 13.3. The number of rotatable bonds is 5. The number of hydrogen-bond donors (Lipinski definition) is 0. The van der Waals surface area contributed by atoms with E-state index in [0.29, 0.717) is 29.3 Å². The van der Waals surface area contributed by atoms with Crippen molar-refractivity contribution < 1.29 is 19.0 Å². The molecule has 0 unspecified atom stereocenters. The van der Waals surface area contributed by atoms with Gasteiger partial charge in [0.05, 0.1) is 0 Å². The lowest BCUT2D eigenvalue weighted by Gasteiger charge is -2.34. The molecule has 0 N–H and O–H groups in total. The van der Waals surface area contributed by atoms with E-state index in [0.717, 1.165) is 44.0 Å². The van der Waals surface area contributed by atoms with Crippen molar-refractivity contribution in [2.24, 2.45) is 5.41 Å². The first-order valence-corrected chi connectivity index (χ1v) is 15.3. The number of fused-ring (bicyclic) bond motifs is 1. The third kappa shape index (κ3) is 11.6. The Hall–Kier alpha value is -2.93. The molecule has 234 valence electrons. The van der Waals surface area contributed by atoms with Crippen molar-refractivity contribution in [1.82, 2.24) is 9.80 Å². The van der Waals surface area contributed by atoms with Gasteiger partial charge < -0.3 is 19.1 Å². The highest BCUT2D eigenvalue weighted by atomic mass is 35.5. The molecule has 1 fully saturated rings. The van der Waals surface area contributed by atoms with E-state index in [2.05, 4.69) is 63.0 Å². The summed E-state index contributed by atoms with van der Waals surface area (Å²) in [5.74, 6) is 2.26. The number of hydrogen-bond acceptors (Lipinski definition) is 5. The molecule has 1 amide bonds. The molecule has 0 radical (unpaired) electrons. The maximum absolute atomic E-state index is 12.4. The number of carbonyl (C=O) groups is 1. The summed E-state index contributed by atoms with van der Waals surface area (Å²) in [6.07, 6.45) is 14.1. The van der Waals surface area contributed by atoms with E-state index < -0.39 is 0 Å². The van der Waals surface area contributed by atoms with Crippen molar-refractivity contribution >= 4 is 29.9 Å². The molecule has 2 aromatic rings. The normalized spacial score (nSPS) is 18.2. The van der Waals surface area contributed by atoms with Gasteiger partial charge in [0.25, 0.3) is 5.91 Å². The zero-order chi connectivity index (χ0) is 30.0. The van der Waals surface area contributed by atoms with E-state index in [4.69, 9.17) is 25.8 Å². The molecular weight excluding hydrogens is 583 g/mol. The number of piperazine rings is 1. The second kappa shape index (κ2) is 16.8. The van der Waals surface area contributed by atoms with Crippen molar-refractivity contribution in [2.75, 3.05) is 39.6 Å². The van der Waals surface area contributed by atoms with Gasteiger partial charge in [-0.3, -0.25) is 9.69 Å². The SMILES string of the molecule is CC1=CCCC(C)=CCC(C)(C)C=CC1.Cl.O=C(COc1ccc(Cl)cc1)N1CCN(Cc2ccc3c(c2)OCO3)CC1. The standard InChI is InChI=1S/C20H21ClN2O4.C15H24.ClH/c21-16-2-4-17(5-3-16)25-13-20(24)23-9-7-22(8-10-23)12-15-1-6-18-19(11-15)27-14-26-18;1-13-7-5-8-14(2)10-12-15(3,4)11-6-9-13;/h1-6,11H,7-10,12-14H2;6-7,10-11H,5,8-9,12H2,1-4H3;1H. The van der Waals surface area contributed by atoms with E-state index in [9.17, 15) is 4.79 Å². The van der Waals surface area contributed by atoms with Crippen LogP contribution in [0.25, 0.3) is 0 Å². The number of allylic oxidation sites excluding steroid dienone is 6. The van der Waals surface area contributed by atoms with E-state index >= 15 is 0 Å². The molecule has 2 heterocycles. The maximum atomic E-state index is 12.4. The van der Waals surface area contributed by atoms with Crippen molar-refractivity contribution in [3.05, 3.63) is 88.5 Å². The highest BCUT2D eigenvalue weighted by Crippen LogP contribution is 2.33. The largest absolute Gasteiger partial charge is 0.484 e. The van der Waals surface area contributed by atoms with E-state index in [1.165, 1.54) is 29.6 Å². The number of halogens is 2. The van der Waals surface area contributed by atoms with Gasteiger partial charge >= 0.3 is 0 Å². The second-order valence-electron chi connectivity index (χ2n) is 12.0. The highest BCUT2D eigenvalue weighted by molar-refractivity contribution is 6.30. The fourth-order valence-corrected chi connectivity index (χ4v) is 5.15. The molecule has 0 saturated carbocycles. The topological polar surface area (TPSA) is 51.2 Å². The lowest BCUT2D eigenvalue weighted by molar-refractivity contribution is -0.135. The van der Waals surface area contributed by atoms with Crippen molar-refractivity contribution in [2.45, 2.75) is 59.9 Å². The predicted octanol–water partition coefficient (Wildman–Crippen LogP) is 8.25. The van der Waals surface area contributed by atoms with Gasteiger partial charge in [0, 0.05) is 37.7 Å². The minimum atomic E-state index is 0. The van der Waals surface area contributed by atoms with Crippen LogP contribution in [0.2, 0.25) is 5.02 Å². The van der Waals surface area contributed by atoms with Crippen LogP contribution in [-0.2, 0) is 11.3 Å². The third-order valence-electron chi connectivity index (χ3n) is 7.76. The van der Waals surface area contributed by atoms with Crippen LogP contribution < -0.4 is 14.2 Å². The van der Waals surface area contributed by atoms with Gasteiger partial charge in [-0.15, -0.1) is 12.4 Å². The summed E-state index contributed by atoms with van der Waals surface area (Å²) in [5.41, 5.74) is 4.52. The lowest BCUT2D eigenvalue weighted by atomic mass is 9.87. The maximum Gasteiger partial charge on any atom is 0.260 e. The van der Waals surface area contributed by atoms with Crippen LogP contribution >= 0.6 is 24.0 Å². The molecule has 0 atom stereocenters. The first kappa shape index (κ1) is 34.6. The Morgan fingerprint density at radius 3 is 2.42 bits per heavy atom. The Morgan fingerprint density at radius 2 is 1.67 bits per heavy atom. The molecule has 6 nitrogen and oxygen atoms in total. The molecule has 0 aromatic heterocycles. The van der Waals surface area contributed by atoms with Crippen molar-refractivity contribution in [3.8, 4) is 17.2 Å². The van der Waals surface area contributed by atoms with Crippen LogP contribution in [-0.4, -0.2) is 55.3 Å². The molecule has 8 heteroatoms. The van der Waals surface area contributed by atoms with Crippen molar-refractivity contribution in [1.29, 1.82) is 0 Å². The Balaban J connectivity index is 0.000000271. The fourth-order valence-electron chi connectivity index (χ4n) is 5.02. The van der Waals surface area contributed by atoms with Gasteiger partial charge in [0.15, 0.2) is 18.1 Å². The first-order valence-electron chi connectivity index (χ1n) is 14.9. The molecule has 2 aliphatic heterocycles. The number of benzene rings is 2. The Morgan fingerprint density at radius 1 is 0.953 bits per heavy atom. The Kier molecular flexibility index (Phi) is 13.5. The smallest absolute Gasteiger partial charge is 0.260 e. The molecule has 43 heavy (non-hydrogen) atoms. The first-order chi connectivity index (χ1) is 20.2. The summed E-state index contributed by atoms with van der Waals surface area (Å²) >= 11 is 5.85.